The van der Waals surface area contributed by atoms with Crippen molar-refractivity contribution in [3.8, 4) is 6.07 Å². The molecule has 1 saturated heterocycles. The van der Waals surface area contributed by atoms with Gasteiger partial charge in [0.15, 0.2) is 0 Å². The lowest BCUT2D eigenvalue weighted by Crippen LogP contribution is -2.37. The van der Waals surface area contributed by atoms with Crippen LogP contribution in [0.4, 0.5) is 8.78 Å². The molecule has 2 aromatic rings. The molecule has 0 aromatic heterocycles. The summed E-state index contributed by atoms with van der Waals surface area (Å²) in [4.78, 5) is 1.75. The Bertz CT molecular complexity index is 998. The van der Waals surface area contributed by atoms with Gasteiger partial charge in [-0.05, 0) is 56.3 Å². The van der Waals surface area contributed by atoms with E-state index in [1.165, 1.54) is 12.1 Å². The Morgan fingerprint density at radius 3 is 2.54 bits per heavy atom. The van der Waals surface area contributed by atoms with Crippen molar-refractivity contribution in [2.75, 3.05) is 19.6 Å². The number of hydrogen-bond donors (Lipinski definition) is 1. The lowest BCUT2D eigenvalue weighted by Gasteiger charge is -2.29. The van der Waals surface area contributed by atoms with Crippen molar-refractivity contribution in [3.63, 3.8) is 0 Å². The Hall–Kier alpha value is -2.05. The number of nitriles is 1. The molecule has 1 heterocycles. The number of nitrogens with zero attached hydrogens (tertiary/aromatic N) is 2. The van der Waals surface area contributed by atoms with Crippen LogP contribution in [0.3, 0.4) is 0 Å². The third-order valence-corrected chi connectivity index (χ3v) is 6.50. The molecule has 1 fully saturated rings. The van der Waals surface area contributed by atoms with E-state index >= 15 is 0 Å². The van der Waals surface area contributed by atoms with E-state index in [4.69, 9.17) is 16.9 Å². The van der Waals surface area contributed by atoms with Crippen LogP contribution in [0.15, 0.2) is 41.3 Å². The van der Waals surface area contributed by atoms with Crippen molar-refractivity contribution >= 4 is 21.6 Å². The SMILES string of the molecule is N#Cc1cc(S(=O)(=O)NCC(c2c(F)cccc2Cl)N2CCCC2)ccc1F. The van der Waals surface area contributed by atoms with Gasteiger partial charge in [0.25, 0.3) is 0 Å². The molecule has 0 radical (unpaired) electrons. The minimum atomic E-state index is -4.03. The molecule has 0 spiro atoms. The first kappa shape index (κ1) is 20.7. The molecular formula is C19H18ClF2N3O2S. The molecule has 9 heteroatoms. The van der Waals surface area contributed by atoms with E-state index in [1.807, 2.05) is 4.90 Å². The van der Waals surface area contributed by atoms with E-state index < -0.39 is 27.7 Å². The normalized spacial score (nSPS) is 16.1. The summed E-state index contributed by atoms with van der Waals surface area (Å²) in [5.74, 6) is -1.30. The predicted molar refractivity (Wildman–Crippen MR) is 101 cm³/mol. The van der Waals surface area contributed by atoms with Crippen LogP contribution in [0.1, 0.15) is 30.0 Å². The molecule has 2 aromatic carbocycles. The number of sulfonamides is 1. The quantitative estimate of drug-likeness (QED) is 0.767. The Labute approximate surface area is 167 Å². The molecule has 3 rings (SSSR count). The summed E-state index contributed by atoms with van der Waals surface area (Å²) in [5.41, 5.74) is -0.123. The van der Waals surface area contributed by atoms with Gasteiger partial charge in [0.2, 0.25) is 10.0 Å². The highest BCUT2D eigenvalue weighted by molar-refractivity contribution is 7.89. The molecule has 0 amide bonds. The van der Waals surface area contributed by atoms with Crippen LogP contribution >= 0.6 is 11.6 Å². The summed E-state index contributed by atoms with van der Waals surface area (Å²) < 4.78 is 55.7. The lowest BCUT2D eigenvalue weighted by atomic mass is 10.0. The Morgan fingerprint density at radius 2 is 1.89 bits per heavy atom. The fourth-order valence-corrected chi connectivity index (χ4v) is 4.68. The molecule has 0 bridgehead atoms. The smallest absolute Gasteiger partial charge is 0.240 e. The number of benzene rings is 2. The van der Waals surface area contributed by atoms with Crippen LogP contribution in [-0.4, -0.2) is 33.0 Å². The molecule has 0 aliphatic carbocycles. The van der Waals surface area contributed by atoms with Gasteiger partial charge in [0.05, 0.1) is 16.5 Å². The first-order valence-electron chi connectivity index (χ1n) is 8.71. The minimum Gasteiger partial charge on any atom is -0.295 e. The van der Waals surface area contributed by atoms with Crippen LogP contribution in [0.25, 0.3) is 0 Å². The zero-order chi connectivity index (χ0) is 20.3. The monoisotopic (exact) mass is 425 g/mol. The van der Waals surface area contributed by atoms with Crippen molar-refractivity contribution in [1.82, 2.24) is 9.62 Å². The van der Waals surface area contributed by atoms with Gasteiger partial charge in [-0.3, -0.25) is 4.90 Å². The van der Waals surface area contributed by atoms with Crippen LogP contribution in [0, 0.1) is 23.0 Å². The molecule has 28 heavy (non-hydrogen) atoms. The zero-order valence-corrected chi connectivity index (χ0v) is 16.4. The Kier molecular flexibility index (Phi) is 6.30. The van der Waals surface area contributed by atoms with Crippen molar-refractivity contribution < 1.29 is 17.2 Å². The van der Waals surface area contributed by atoms with E-state index in [0.717, 1.165) is 31.0 Å². The molecule has 1 aliphatic rings. The van der Waals surface area contributed by atoms with E-state index in [9.17, 15) is 17.2 Å². The number of halogens is 3. The van der Waals surface area contributed by atoms with Crippen molar-refractivity contribution in [2.45, 2.75) is 23.8 Å². The van der Waals surface area contributed by atoms with Gasteiger partial charge in [-0.1, -0.05) is 17.7 Å². The van der Waals surface area contributed by atoms with Crippen molar-refractivity contribution in [1.29, 1.82) is 5.26 Å². The molecule has 1 N–H and O–H groups in total. The molecule has 1 atom stereocenters. The van der Waals surface area contributed by atoms with Gasteiger partial charge in [0.1, 0.15) is 17.7 Å². The first-order valence-corrected chi connectivity index (χ1v) is 10.6. The van der Waals surface area contributed by atoms with Crippen molar-refractivity contribution in [2.24, 2.45) is 0 Å². The highest BCUT2D eigenvalue weighted by Crippen LogP contribution is 2.32. The highest BCUT2D eigenvalue weighted by Gasteiger charge is 2.29. The molecule has 148 valence electrons. The Balaban J connectivity index is 1.89. The molecular weight excluding hydrogens is 408 g/mol. The Morgan fingerprint density at radius 1 is 1.18 bits per heavy atom. The van der Waals surface area contributed by atoms with Gasteiger partial charge >= 0.3 is 0 Å². The summed E-state index contributed by atoms with van der Waals surface area (Å²) in [6.07, 6.45) is 1.86. The topological polar surface area (TPSA) is 73.2 Å². The van der Waals surface area contributed by atoms with Crippen LogP contribution in [0.2, 0.25) is 5.02 Å². The fourth-order valence-electron chi connectivity index (χ4n) is 3.33. The number of hydrogen-bond acceptors (Lipinski definition) is 4. The summed E-state index contributed by atoms with van der Waals surface area (Å²) in [6, 6.07) is 8.37. The zero-order valence-electron chi connectivity index (χ0n) is 14.8. The maximum Gasteiger partial charge on any atom is 0.240 e. The summed E-state index contributed by atoms with van der Waals surface area (Å²) >= 11 is 6.21. The second-order valence-corrected chi connectivity index (χ2v) is 8.67. The molecule has 0 saturated carbocycles. The van der Waals surface area contributed by atoms with Gasteiger partial charge in [-0.2, -0.15) is 5.26 Å². The fraction of sp³-hybridized carbons (Fsp3) is 0.316. The average molecular weight is 426 g/mol. The van der Waals surface area contributed by atoms with Gasteiger partial charge < -0.3 is 0 Å². The number of likely N-dealkylation sites (tertiary alicyclic amines) is 1. The van der Waals surface area contributed by atoms with Crippen molar-refractivity contribution in [3.05, 3.63) is 64.2 Å². The van der Waals surface area contributed by atoms with Crippen LogP contribution in [-0.2, 0) is 10.0 Å². The van der Waals surface area contributed by atoms with Crippen LogP contribution < -0.4 is 4.72 Å². The predicted octanol–water partition coefficient (Wildman–Crippen LogP) is 3.61. The van der Waals surface area contributed by atoms with E-state index in [1.54, 1.807) is 12.1 Å². The van der Waals surface area contributed by atoms with Gasteiger partial charge in [0, 0.05) is 17.1 Å². The average Bonchev–Trinajstić information content (AvgIpc) is 3.18. The standard InChI is InChI=1S/C19H18ClF2N3O2S/c20-15-4-3-5-17(22)19(15)18(25-8-1-2-9-25)12-24-28(26,27)14-6-7-16(21)13(10-14)11-23/h3-7,10,18,24H,1-2,8-9,12H2. The van der Waals surface area contributed by atoms with Gasteiger partial charge in [-0.15, -0.1) is 0 Å². The summed E-state index contributed by atoms with van der Waals surface area (Å²) in [6.45, 7) is 1.29. The highest BCUT2D eigenvalue weighted by atomic mass is 35.5. The third-order valence-electron chi connectivity index (χ3n) is 4.75. The van der Waals surface area contributed by atoms with Gasteiger partial charge in [-0.25, -0.2) is 21.9 Å². The second-order valence-electron chi connectivity index (χ2n) is 6.50. The maximum atomic E-state index is 14.5. The third kappa shape index (κ3) is 4.33. The molecule has 1 aliphatic heterocycles. The first-order chi connectivity index (χ1) is 13.3. The molecule has 5 nitrogen and oxygen atoms in total. The number of rotatable bonds is 6. The summed E-state index contributed by atoms with van der Waals surface area (Å²) in [7, 11) is -4.03. The van der Waals surface area contributed by atoms with E-state index in [2.05, 4.69) is 4.72 Å². The van der Waals surface area contributed by atoms with Crippen LogP contribution in [0.5, 0.6) is 0 Å². The van der Waals surface area contributed by atoms with E-state index in [0.29, 0.717) is 13.1 Å². The maximum absolute atomic E-state index is 14.5. The second kappa shape index (κ2) is 8.53. The largest absolute Gasteiger partial charge is 0.295 e. The summed E-state index contributed by atoms with van der Waals surface area (Å²) in [5, 5.41) is 9.14. The number of nitrogens with one attached hydrogen (secondary N) is 1. The molecule has 1 unspecified atom stereocenters. The minimum absolute atomic E-state index is 0.109. The lowest BCUT2D eigenvalue weighted by molar-refractivity contribution is 0.241. The van der Waals surface area contributed by atoms with E-state index in [-0.39, 0.29) is 27.6 Å².